The molecule has 0 fully saturated rings. The number of hydrogen-bond acceptors (Lipinski definition) is 4. The minimum absolute atomic E-state index is 0.0325. The maximum Gasteiger partial charge on any atom is 0.255 e. The molecule has 0 saturated heterocycles. The normalized spacial score (nSPS) is 14.5. The predicted molar refractivity (Wildman–Crippen MR) is 108 cm³/mol. The first-order valence-corrected chi connectivity index (χ1v) is 9.37. The summed E-state index contributed by atoms with van der Waals surface area (Å²) in [6.45, 7) is 4.97. The van der Waals surface area contributed by atoms with Gasteiger partial charge < -0.3 is 19.7 Å². The van der Waals surface area contributed by atoms with E-state index in [4.69, 9.17) is 9.47 Å². The molecule has 6 nitrogen and oxygen atoms in total. The molecule has 4 rings (SSSR count). The van der Waals surface area contributed by atoms with Crippen molar-refractivity contribution in [3.63, 3.8) is 0 Å². The molecule has 2 aromatic carbocycles. The standard InChI is InChI=1S/C22H22N2O4/c1-3-27-19-5-7-21-16(12-19)10-17(13-28-21)22(26)23-18-4-6-20-15(11-18)8-9-24(20)14(2)25/h4-7,10-12H,3,8-9,13H2,1-2H3,(H,23,26). The quantitative estimate of drug-likeness (QED) is 0.885. The van der Waals surface area contributed by atoms with Crippen LogP contribution in [-0.2, 0) is 16.0 Å². The minimum Gasteiger partial charge on any atom is -0.494 e. The van der Waals surface area contributed by atoms with Crippen LogP contribution in [0.25, 0.3) is 6.08 Å². The van der Waals surface area contributed by atoms with E-state index in [0.717, 1.165) is 34.7 Å². The van der Waals surface area contributed by atoms with Crippen LogP contribution in [0.5, 0.6) is 11.5 Å². The molecule has 2 amide bonds. The molecule has 0 bridgehead atoms. The molecular formula is C22H22N2O4. The molecule has 0 unspecified atom stereocenters. The van der Waals surface area contributed by atoms with E-state index < -0.39 is 0 Å². The second-order valence-electron chi connectivity index (χ2n) is 6.81. The maximum absolute atomic E-state index is 12.7. The maximum atomic E-state index is 12.7. The van der Waals surface area contributed by atoms with Gasteiger partial charge in [0.05, 0.1) is 12.2 Å². The first-order valence-electron chi connectivity index (χ1n) is 9.37. The Morgan fingerprint density at radius 1 is 1.21 bits per heavy atom. The van der Waals surface area contributed by atoms with Crippen LogP contribution < -0.4 is 19.7 Å². The number of carbonyl (C=O) groups is 2. The monoisotopic (exact) mass is 378 g/mol. The van der Waals surface area contributed by atoms with Crippen LogP contribution in [-0.4, -0.2) is 31.6 Å². The zero-order valence-corrected chi connectivity index (χ0v) is 16.0. The summed E-state index contributed by atoms with van der Waals surface area (Å²) in [4.78, 5) is 26.1. The van der Waals surface area contributed by atoms with Gasteiger partial charge in [-0.25, -0.2) is 0 Å². The Bertz CT molecular complexity index is 980. The molecular weight excluding hydrogens is 356 g/mol. The van der Waals surface area contributed by atoms with Crippen LogP contribution in [0.4, 0.5) is 11.4 Å². The highest BCUT2D eigenvalue weighted by Crippen LogP contribution is 2.32. The third kappa shape index (κ3) is 3.45. The number of benzene rings is 2. The van der Waals surface area contributed by atoms with Crippen molar-refractivity contribution < 1.29 is 19.1 Å². The second kappa shape index (κ2) is 7.38. The van der Waals surface area contributed by atoms with E-state index in [1.54, 1.807) is 11.8 Å². The lowest BCUT2D eigenvalue weighted by atomic mass is 10.1. The number of ether oxygens (including phenoxy) is 2. The van der Waals surface area contributed by atoms with Crippen molar-refractivity contribution in [3.05, 3.63) is 53.1 Å². The van der Waals surface area contributed by atoms with E-state index in [9.17, 15) is 9.59 Å². The predicted octanol–water partition coefficient (Wildman–Crippen LogP) is 3.41. The number of amides is 2. The van der Waals surface area contributed by atoms with Crippen LogP contribution in [0.1, 0.15) is 25.0 Å². The van der Waals surface area contributed by atoms with Gasteiger partial charge >= 0.3 is 0 Å². The second-order valence-corrected chi connectivity index (χ2v) is 6.81. The molecule has 0 saturated carbocycles. The molecule has 1 N–H and O–H groups in total. The van der Waals surface area contributed by atoms with Crippen LogP contribution in [0.15, 0.2) is 42.0 Å². The molecule has 2 aliphatic heterocycles. The van der Waals surface area contributed by atoms with E-state index in [-0.39, 0.29) is 18.4 Å². The summed E-state index contributed by atoms with van der Waals surface area (Å²) in [5.41, 5.74) is 4.07. The van der Waals surface area contributed by atoms with Crippen molar-refractivity contribution >= 4 is 29.3 Å². The molecule has 0 aliphatic carbocycles. The van der Waals surface area contributed by atoms with Gasteiger partial charge in [0, 0.05) is 30.4 Å². The van der Waals surface area contributed by atoms with Gasteiger partial charge in [-0.15, -0.1) is 0 Å². The third-order valence-corrected chi connectivity index (χ3v) is 4.91. The van der Waals surface area contributed by atoms with Crippen molar-refractivity contribution in [2.75, 3.05) is 30.0 Å². The summed E-state index contributed by atoms with van der Waals surface area (Å²) < 4.78 is 11.2. The summed E-state index contributed by atoms with van der Waals surface area (Å²) in [7, 11) is 0. The van der Waals surface area contributed by atoms with Gasteiger partial charge in [0.25, 0.3) is 5.91 Å². The fourth-order valence-electron chi connectivity index (χ4n) is 3.56. The van der Waals surface area contributed by atoms with E-state index in [1.165, 1.54) is 0 Å². The fourth-order valence-corrected chi connectivity index (χ4v) is 3.56. The lowest BCUT2D eigenvalue weighted by Crippen LogP contribution is -2.25. The first-order chi connectivity index (χ1) is 13.5. The van der Waals surface area contributed by atoms with Crippen molar-refractivity contribution in [1.29, 1.82) is 0 Å². The molecule has 0 spiro atoms. The zero-order valence-electron chi connectivity index (χ0n) is 16.0. The highest BCUT2D eigenvalue weighted by molar-refractivity contribution is 6.07. The van der Waals surface area contributed by atoms with Gasteiger partial charge in [0.1, 0.15) is 18.1 Å². The number of hydrogen-bond donors (Lipinski definition) is 1. The van der Waals surface area contributed by atoms with E-state index >= 15 is 0 Å². The number of nitrogens with one attached hydrogen (secondary N) is 1. The van der Waals surface area contributed by atoms with Crippen molar-refractivity contribution in [2.45, 2.75) is 20.3 Å². The first kappa shape index (κ1) is 18.1. The largest absolute Gasteiger partial charge is 0.494 e. The number of rotatable bonds is 4. The Morgan fingerprint density at radius 2 is 2.07 bits per heavy atom. The number of anilines is 2. The highest BCUT2D eigenvalue weighted by Gasteiger charge is 2.23. The van der Waals surface area contributed by atoms with E-state index in [0.29, 0.717) is 24.4 Å². The lowest BCUT2D eigenvalue weighted by molar-refractivity contribution is -0.116. The molecule has 2 aliphatic rings. The minimum atomic E-state index is -0.200. The number of carbonyl (C=O) groups excluding carboxylic acids is 2. The van der Waals surface area contributed by atoms with Gasteiger partial charge in [-0.05, 0) is 61.4 Å². The summed E-state index contributed by atoms with van der Waals surface area (Å²) in [6, 6.07) is 11.2. The molecule has 0 atom stereocenters. The fraction of sp³-hybridized carbons (Fsp3) is 0.273. The Balaban J connectivity index is 1.52. The summed E-state index contributed by atoms with van der Waals surface area (Å²) in [5, 5.41) is 2.93. The third-order valence-electron chi connectivity index (χ3n) is 4.91. The lowest BCUT2D eigenvalue weighted by Gasteiger charge is -2.19. The summed E-state index contributed by atoms with van der Waals surface area (Å²) in [5.74, 6) is 1.32. The van der Waals surface area contributed by atoms with Crippen LogP contribution >= 0.6 is 0 Å². The molecule has 0 aromatic heterocycles. The van der Waals surface area contributed by atoms with Crippen molar-refractivity contribution in [1.82, 2.24) is 0 Å². The molecule has 144 valence electrons. The molecule has 6 heteroatoms. The van der Waals surface area contributed by atoms with E-state index in [2.05, 4.69) is 5.32 Å². The Morgan fingerprint density at radius 3 is 2.86 bits per heavy atom. The van der Waals surface area contributed by atoms with E-state index in [1.807, 2.05) is 49.4 Å². The number of fused-ring (bicyclic) bond motifs is 2. The van der Waals surface area contributed by atoms with Crippen LogP contribution in [0, 0.1) is 0 Å². The number of nitrogens with zero attached hydrogens (tertiary/aromatic N) is 1. The van der Waals surface area contributed by atoms with Crippen LogP contribution in [0.3, 0.4) is 0 Å². The van der Waals surface area contributed by atoms with Crippen molar-refractivity contribution in [2.24, 2.45) is 0 Å². The zero-order chi connectivity index (χ0) is 19.7. The SMILES string of the molecule is CCOc1ccc2c(c1)C=C(C(=O)Nc1ccc3c(c1)CCN3C(C)=O)CO2. The molecule has 2 aromatic rings. The Hall–Kier alpha value is -3.28. The molecule has 2 heterocycles. The summed E-state index contributed by atoms with van der Waals surface area (Å²) >= 11 is 0. The molecule has 0 radical (unpaired) electrons. The Labute approximate surface area is 163 Å². The van der Waals surface area contributed by atoms with Crippen LogP contribution in [0.2, 0.25) is 0 Å². The smallest absolute Gasteiger partial charge is 0.255 e. The van der Waals surface area contributed by atoms with Gasteiger partial charge in [0.15, 0.2) is 0 Å². The van der Waals surface area contributed by atoms with Gasteiger partial charge in [-0.1, -0.05) is 0 Å². The topological polar surface area (TPSA) is 67.9 Å². The Kier molecular flexibility index (Phi) is 4.77. The van der Waals surface area contributed by atoms with Gasteiger partial charge in [0.2, 0.25) is 5.91 Å². The van der Waals surface area contributed by atoms with Crippen molar-refractivity contribution in [3.8, 4) is 11.5 Å². The average Bonchev–Trinajstić information content (AvgIpc) is 3.11. The van der Waals surface area contributed by atoms with Gasteiger partial charge in [-0.3, -0.25) is 9.59 Å². The average molecular weight is 378 g/mol. The highest BCUT2D eigenvalue weighted by atomic mass is 16.5. The molecule has 28 heavy (non-hydrogen) atoms. The van der Waals surface area contributed by atoms with Gasteiger partial charge in [-0.2, -0.15) is 0 Å². The summed E-state index contributed by atoms with van der Waals surface area (Å²) in [6.07, 6.45) is 2.62.